The van der Waals surface area contributed by atoms with Crippen LogP contribution in [0.1, 0.15) is 49.4 Å². The van der Waals surface area contributed by atoms with Crippen molar-refractivity contribution in [2.75, 3.05) is 24.7 Å². The van der Waals surface area contributed by atoms with Gasteiger partial charge < -0.3 is 15.0 Å². The largest absolute Gasteiger partial charge is 0.415 e. The van der Waals surface area contributed by atoms with Crippen molar-refractivity contribution >= 4 is 33.4 Å². The van der Waals surface area contributed by atoms with Crippen LogP contribution in [0.4, 0.5) is 14.5 Å². The maximum absolute atomic E-state index is 13.8. The molecule has 13 heteroatoms. The van der Waals surface area contributed by atoms with Crippen LogP contribution in [0.5, 0.6) is 5.88 Å². The van der Waals surface area contributed by atoms with E-state index in [0.717, 1.165) is 11.8 Å². The molecular formula is C25H30F2N4O6S. The molecule has 0 bridgehead atoms. The smallest absolute Gasteiger partial charge is 0.388 e. The average molecular weight is 553 g/mol. The molecule has 0 unspecified atom stereocenters. The number of nitrogens with one attached hydrogen (secondary N) is 2. The van der Waals surface area contributed by atoms with Gasteiger partial charge in [0, 0.05) is 31.6 Å². The Morgan fingerprint density at radius 3 is 2.37 bits per heavy atom. The van der Waals surface area contributed by atoms with Crippen LogP contribution in [-0.2, 0) is 29.8 Å². The van der Waals surface area contributed by atoms with Crippen LogP contribution in [0, 0.1) is 6.92 Å². The van der Waals surface area contributed by atoms with E-state index < -0.39 is 45.7 Å². The van der Waals surface area contributed by atoms with Crippen LogP contribution in [0.25, 0.3) is 0 Å². The molecule has 1 aromatic heterocycles. The molecule has 38 heavy (non-hydrogen) atoms. The summed E-state index contributed by atoms with van der Waals surface area (Å²) in [5.74, 6) is -2.16. The number of likely N-dealkylation sites (tertiary alicyclic amines) is 1. The third-order valence-corrected chi connectivity index (χ3v) is 6.72. The number of pyridine rings is 1. The molecular weight excluding hydrogens is 522 g/mol. The summed E-state index contributed by atoms with van der Waals surface area (Å²) in [7, 11) is -3.75. The third kappa shape index (κ3) is 6.82. The first kappa shape index (κ1) is 29.0. The van der Waals surface area contributed by atoms with E-state index in [1.165, 1.54) is 11.0 Å². The number of carbonyl (C=O) groups is 3. The molecule has 0 spiro atoms. The van der Waals surface area contributed by atoms with Crippen LogP contribution in [0.15, 0.2) is 36.4 Å². The molecule has 3 amide bonds. The summed E-state index contributed by atoms with van der Waals surface area (Å²) in [4.78, 5) is 43.7. The number of benzene rings is 1. The number of halogens is 2. The van der Waals surface area contributed by atoms with E-state index in [1.807, 2.05) is 26.0 Å². The second kappa shape index (κ2) is 11.4. The van der Waals surface area contributed by atoms with Crippen molar-refractivity contribution in [1.82, 2.24) is 14.6 Å². The maximum Gasteiger partial charge on any atom is 0.388 e. The van der Waals surface area contributed by atoms with Gasteiger partial charge in [-0.1, -0.05) is 38.1 Å². The minimum atomic E-state index is -3.75. The fraction of sp³-hybridized carbons (Fsp3) is 0.440. The zero-order valence-electron chi connectivity index (χ0n) is 21.5. The number of aryl methyl sites for hydroxylation is 1. The van der Waals surface area contributed by atoms with E-state index in [0.29, 0.717) is 11.3 Å². The summed E-state index contributed by atoms with van der Waals surface area (Å²) in [5, 5.41) is 2.66. The van der Waals surface area contributed by atoms with E-state index >= 15 is 0 Å². The lowest BCUT2D eigenvalue weighted by Gasteiger charge is -2.50. The zero-order chi connectivity index (χ0) is 28.3. The summed E-state index contributed by atoms with van der Waals surface area (Å²) in [6.45, 7) is 2.32. The van der Waals surface area contributed by atoms with Crippen molar-refractivity contribution in [3.05, 3.63) is 53.2 Å². The predicted molar refractivity (Wildman–Crippen MR) is 135 cm³/mol. The monoisotopic (exact) mass is 552 g/mol. The Balaban J connectivity index is 1.87. The molecule has 3 rings (SSSR count). The van der Waals surface area contributed by atoms with Crippen LogP contribution in [0.3, 0.4) is 0 Å². The number of nitrogens with zero attached hydrogens (tertiary/aromatic N) is 2. The van der Waals surface area contributed by atoms with Crippen LogP contribution >= 0.6 is 0 Å². The van der Waals surface area contributed by atoms with Gasteiger partial charge in [-0.3, -0.25) is 19.1 Å². The Morgan fingerprint density at radius 2 is 1.76 bits per heavy atom. The number of hydrogen-bond donors (Lipinski definition) is 2. The van der Waals surface area contributed by atoms with Crippen molar-refractivity contribution in [2.45, 2.75) is 51.6 Å². The number of rotatable bonds is 10. The highest BCUT2D eigenvalue weighted by atomic mass is 32.2. The summed E-state index contributed by atoms with van der Waals surface area (Å²) in [6.07, 6.45) is 0.245. The number of ether oxygens (including phenoxy) is 1. The first-order valence-electron chi connectivity index (χ1n) is 11.8. The van der Waals surface area contributed by atoms with E-state index in [-0.39, 0.29) is 37.5 Å². The second-order valence-electron chi connectivity index (χ2n) is 9.51. The molecule has 1 aromatic carbocycles. The van der Waals surface area contributed by atoms with Gasteiger partial charge in [0.15, 0.2) is 0 Å². The van der Waals surface area contributed by atoms with Gasteiger partial charge in [0.05, 0.1) is 6.26 Å². The Bertz CT molecular complexity index is 1330. The minimum Gasteiger partial charge on any atom is -0.415 e. The van der Waals surface area contributed by atoms with Crippen LogP contribution in [-0.4, -0.2) is 62.0 Å². The van der Waals surface area contributed by atoms with Gasteiger partial charge in [-0.2, -0.15) is 8.78 Å². The number of sulfonamides is 1. The highest BCUT2D eigenvalue weighted by Gasteiger charge is 2.53. The molecule has 1 fully saturated rings. The normalized spacial score (nSPS) is 14.7. The van der Waals surface area contributed by atoms with Gasteiger partial charge in [0.1, 0.15) is 11.1 Å². The zero-order valence-corrected chi connectivity index (χ0v) is 22.3. The van der Waals surface area contributed by atoms with Crippen molar-refractivity contribution in [3.63, 3.8) is 0 Å². The first-order chi connectivity index (χ1) is 17.7. The van der Waals surface area contributed by atoms with Crippen molar-refractivity contribution < 1.29 is 36.3 Å². The molecule has 0 saturated carbocycles. The summed E-state index contributed by atoms with van der Waals surface area (Å²) >= 11 is 0. The maximum atomic E-state index is 13.8. The molecule has 10 nitrogen and oxygen atoms in total. The SMILES string of the molecule is Cc1ccc(NC(=O)C2(c3ccccc3C(C)C)CN(C(=O)CCC(=O)NS(C)(=O)=O)C2)c(OC(F)F)n1. The lowest BCUT2D eigenvalue weighted by molar-refractivity contribution is -0.145. The Kier molecular flexibility index (Phi) is 8.70. The lowest BCUT2D eigenvalue weighted by atomic mass is 9.69. The third-order valence-electron chi connectivity index (χ3n) is 6.12. The van der Waals surface area contributed by atoms with E-state index in [4.69, 9.17) is 0 Å². The predicted octanol–water partition coefficient (Wildman–Crippen LogP) is 2.69. The molecule has 2 heterocycles. The Hall–Kier alpha value is -3.61. The van der Waals surface area contributed by atoms with Crippen LogP contribution in [0.2, 0.25) is 0 Å². The van der Waals surface area contributed by atoms with Gasteiger partial charge in [-0.15, -0.1) is 0 Å². The number of aromatic nitrogens is 1. The van der Waals surface area contributed by atoms with E-state index in [9.17, 15) is 31.6 Å². The van der Waals surface area contributed by atoms with Crippen molar-refractivity contribution in [1.29, 1.82) is 0 Å². The summed E-state index contributed by atoms with van der Waals surface area (Å²) < 4.78 is 54.7. The number of alkyl halides is 2. The molecule has 1 aliphatic rings. The molecule has 2 aromatic rings. The number of carbonyl (C=O) groups excluding carboxylic acids is 3. The second-order valence-corrected chi connectivity index (χ2v) is 11.3. The highest BCUT2D eigenvalue weighted by Crippen LogP contribution is 2.41. The van der Waals surface area contributed by atoms with E-state index in [2.05, 4.69) is 15.0 Å². The quantitative estimate of drug-likeness (QED) is 0.463. The number of hydrogen-bond acceptors (Lipinski definition) is 7. The standard InChI is InChI=1S/C25H30F2N4O6S/c1-15(2)17-7-5-6-8-18(17)25(13-31(14-25)21(33)12-11-20(32)30-38(4,35)36)23(34)29-19-10-9-16(3)28-22(19)37-24(26)27/h5-10,15,24H,11-14H2,1-4H3,(H,29,34)(H,30,32). The molecule has 206 valence electrons. The molecule has 0 atom stereocenters. The fourth-order valence-electron chi connectivity index (χ4n) is 4.33. The summed E-state index contributed by atoms with van der Waals surface area (Å²) in [6, 6.07) is 10.2. The molecule has 0 aliphatic carbocycles. The molecule has 1 saturated heterocycles. The van der Waals surface area contributed by atoms with E-state index in [1.54, 1.807) is 29.8 Å². The van der Waals surface area contributed by atoms with Crippen molar-refractivity contribution in [2.24, 2.45) is 0 Å². The number of anilines is 1. The fourth-order valence-corrected chi connectivity index (χ4v) is 4.85. The van der Waals surface area contributed by atoms with Gasteiger partial charge >= 0.3 is 6.61 Å². The van der Waals surface area contributed by atoms with Crippen molar-refractivity contribution in [3.8, 4) is 5.88 Å². The van der Waals surface area contributed by atoms with Crippen LogP contribution < -0.4 is 14.8 Å². The van der Waals surface area contributed by atoms with Gasteiger partial charge in [-0.05, 0) is 36.1 Å². The average Bonchev–Trinajstić information content (AvgIpc) is 2.77. The van der Waals surface area contributed by atoms with Gasteiger partial charge in [0.25, 0.3) is 0 Å². The topological polar surface area (TPSA) is 135 Å². The summed E-state index contributed by atoms with van der Waals surface area (Å²) in [5.41, 5.74) is 0.734. The Morgan fingerprint density at radius 1 is 1.11 bits per heavy atom. The minimum absolute atomic E-state index is 0.0284. The van der Waals surface area contributed by atoms with Gasteiger partial charge in [0.2, 0.25) is 33.6 Å². The molecule has 2 N–H and O–H groups in total. The lowest BCUT2D eigenvalue weighted by Crippen LogP contribution is -2.66. The van der Waals surface area contributed by atoms with Gasteiger partial charge in [-0.25, -0.2) is 13.4 Å². The number of amides is 3. The Labute approximate surface area is 219 Å². The molecule has 0 radical (unpaired) electrons. The first-order valence-corrected chi connectivity index (χ1v) is 13.7. The highest BCUT2D eigenvalue weighted by molar-refractivity contribution is 7.89. The molecule has 1 aliphatic heterocycles.